The lowest BCUT2D eigenvalue weighted by Gasteiger charge is -2.34. The Labute approximate surface area is 129 Å². The Morgan fingerprint density at radius 2 is 2.30 bits per heavy atom. The standard InChI is InChI=1S/C14H18ClN3OS/c1-17-14(19)10-3-2-6-18(8-10)12-5-4-9(13(16)20)7-11(12)15/h4-5,7,10H,2-3,6,8H2,1H3,(H2,16,20)(H,17,19). The lowest BCUT2D eigenvalue weighted by molar-refractivity contribution is -0.124. The number of nitrogens with two attached hydrogens (primary N) is 1. The molecule has 0 aliphatic carbocycles. The number of piperidine rings is 1. The molecule has 1 fully saturated rings. The topological polar surface area (TPSA) is 58.4 Å². The number of nitrogens with one attached hydrogen (secondary N) is 1. The maximum atomic E-state index is 11.8. The fourth-order valence-electron chi connectivity index (χ4n) is 2.53. The fourth-order valence-corrected chi connectivity index (χ4v) is 2.96. The van der Waals surface area contributed by atoms with E-state index in [9.17, 15) is 4.79 Å². The summed E-state index contributed by atoms with van der Waals surface area (Å²) in [4.78, 5) is 14.2. The van der Waals surface area contributed by atoms with E-state index in [4.69, 9.17) is 29.6 Å². The molecule has 0 radical (unpaired) electrons. The molecule has 2 rings (SSSR count). The van der Waals surface area contributed by atoms with Gasteiger partial charge in [-0.3, -0.25) is 4.79 Å². The number of rotatable bonds is 3. The zero-order valence-electron chi connectivity index (χ0n) is 11.4. The van der Waals surface area contributed by atoms with Gasteiger partial charge in [-0.25, -0.2) is 0 Å². The summed E-state index contributed by atoms with van der Waals surface area (Å²) < 4.78 is 0. The average molecular weight is 312 g/mol. The monoisotopic (exact) mass is 311 g/mol. The second-order valence-corrected chi connectivity index (χ2v) is 5.78. The normalized spacial score (nSPS) is 18.7. The van der Waals surface area contributed by atoms with Gasteiger partial charge in [0, 0.05) is 25.7 Å². The highest BCUT2D eigenvalue weighted by atomic mass is 35.5. The van der Waals surface area contributed by atoms with Crippen molar-refractivity contribution in [1.82, 2.24) is 5.32 Å². The third-order valence-corrected chi connectivity index (χ3v) is 4.15. The molecule has 0 aromatic heterocycles. The molecule has 0 spiro atoms. The molecule has 6 heteroatoms. The molecule has 1 aliphatic rings. The fraction of sp³-hybridized carbons (Fsp3) is 0.429. The minimum absolute atomic E-state index is 0.0140. The van der Waals surface area contributed by atoms with Gasteiger partial charge < -0.3 is 16.0 Å². The summed E-state index contributed by atoms with van der Waals surface area (Å²) in [5, 5.41) is 3.33. The summed E-state index contributed by atoms with van der Waals surface area (Å²) >= 11 is 11.3. The van der Waals surface area contributed by atoms with Crippen LogP contribution in [0.25, 0.3) is 0 Å². The first-order valence-electron chi connectivity index (χ1n) is 6.59. The van der Waals surface area contributed by atoms with Crippen LogP contribution in [0.5, 0.6) is 0 Å². The molecule has 1 heterocycles. The Hall–Kier alpha value is -1.33. The quantitative estimate of drug-likeness (QED) is 0.838. The Kier molecular flexibility index (Phi) is 4.83. The van der Waals surface area contributed by atoms with Crippen molar-refractivity contribution in [3.63, 3.8) is 0 Å². The first-order valence-corrected chi connectivity index (χ1v) is 7.37. The first-order chi connectivity index (χ1) is 9.52. The molecule has 1 unspecified atom stereocenters. The van der Waals surface area contributed by atoms with E-state index in [1.54, 1.807) is 13.1 Å². The Bertz CT molecular complexity index is 535. The molecule has 20 heavy (non-hydrogen) atoms. The van der Waals surface area contributed by atoms with E-state index >= 15 is 0 Å². The molecule has 1 aromatic carbocycles. The number of thiocarbonyl (C=S) groups is 1. The number of carbonyl (C=O) groups is 1. The van der Waals surface area contributed by atoms with Crippen molar-refractivity contribution >= 4 is 40.4 Å². The third kappa shape index (κ3) is 3.22. The lowest BCUT2D eigenvalue weighted by atomic mass is 9.96. The molecule has 1 atom stereocenters. The SMILES string of the molecule is CNC(=O)C1CCCN(c2ccc(C(N)=S)cc2Cl)C1. The van der Waals surface area contributed by atoms with Gasteiger partial charge >= 0.3 is 0 Å². The number of benzene rings is 1. The molecule has 3 N–H and O–H groups in total. The Morgan fingerprint density at radius 1 is 1.55 bits per heavy atom. The van der Waals surface area contributed by atoms with Gasteiger partial charge in [0.2, 0.25) is 5.91 Å². The van der Waals surface area contributed by atoms with E-state index in [1.165, 1.54) is 0 Å². The highest BCUT2D eigenvalue weighted by Crippen LogP contribution is 2.30. The van der Waals surface area contributed by atoms with Crippen LogP contribution in [0.15, 0.2) is 18.2 Å². The molecular formula is C14H18ClN3OS. The summed E-state index contributed by atoms with van der Waals surface area (Å²) in [6.07, 6.45) is 1.89. The number of hydrogen-bond acceptors (Lipinski definition) is 3. The minimum Gasteiger partial charge on any atom is -0.389 e. The molecule has 1 saturated heterocycles. The summed E-state index contributed by atoms with van der Waals surface area (Å²) in [5.41, 5.74) is 7.29. The number of nitrogens with zero attached hydrogens (tertiary/aromatic N) is 1. The minimum atomic E-state index is 0.0140. The molecule has 0 saturated carbocycles. The summed E-state index contributed by atoms with van der Waals surface area (Å²) in [6, 6.07) is 5.57. The van der Waals surface area contributed by atoms with Gasteiger partial charge in [-0.2, -0.15) is 0 Å². The number of carbonyl (C=O) groups excluding carboxylic acids is 1. The summed E-state index contributed by atoms with van der Waals surface area (Å²) in [6.45, 7) is 1.59. The molecular weight excluding hydrogens is 294 g/mol. The summed E-state index contributed by atoms with van der Waals surface area (Å²) in [5.74, 6) is 0.102. The van der Waals surface area contributed by atoms with Crippen LogP contribution < -0.4 is 16.0 Å². The number of anilines is 1. The van der Waals surface area contributed by atoms with E-state index in [0.717, 1.165) is 30.6 Å². The number of halogens is 1. The third-order valence-electron chi connectivity index (χ3n) is 3.61. The van der Waals surface area contributed by atoms with Crippen LogP contribution in [0.1, 0.15) is 18.4 Å². The van der Waals surface area contributed by atoms with E-state index < -0.39 is 0 Å². The highest BCUT2D eigenvalue weighted by Gasteiger charge is 2.26. The van der Waals surface area contributed by atoms with Crippen LogP contribution in [-0.4, -0.2) is 31.0 Å². The predicted molar refractivity (Wildman–Crippen MR) is 86.3 cm³/mol. The van der Waals surface area contributed by atoms with Crippen LogP contribution in [0.2, 0.25) is 5.02 Å². The largest absolute Gasteiger partial charge is 0.389 e. The predicted octanol–water partition coefficient (Wildman–Crippen LogP) is 1.94. The van der Waals surface area contributed by atoms with Crippen LogP contribution in [0.4, 0.5) is 5.69 Å². The maximum absolute atomic E-state index is 11.8. The molecule has 1 aliphatic heterocycles. The van der Waals surface area contributed by atoms with E-state index in [2.05, 4.69) is 10.2 Å². The van der Waals surface area contributed by atoms with Crippen molar-refractivity contribution in [3.8, 4) is 0 Å². The maximum Gasteiger partial charge on any atom is 0.224 e. The van der Waals surface area contributed by atoms with Crippen molar-refractivity contribution in [2.24, 2.45) is 11.7 Å². The van der Waals surface area contributed by atoms with Crippen molar-refractivity contribution in [3.05, 3.63) is 28.8 Å². The summed E-state index contributed by atoms with van der Waals surface area (Å²) in [7, 11) is 1.67. The molecule has 1 aromatic rings. The Balaban J connectivity index is 2.19. The molecule has 4 nitrogen and oxygen atoms in total. The van der Waals surface area contributed by atoms with Gasteiger partial charge in [-0.05, 0) is 31.0 Å². The smallest absolute Gasteiger partial charge is 0.224 e. The van der Waals surface area contributed by atoms with Crippen molar-refractivity contribution < 1.29 is 4.79 Å². The zero-order valence-corrected chi connectivity index (χ0v) is 12.9. The van der Waals surface area contributed by atoms with Gasteiger partial charge in [0.05, 0.1) is 16.6 Å². The second kappa shape index (κ2) is 6.41. The van der Waals surface area contributed by atoms with Crippen LogP contribution in [-0.2, 0) is 4.79 Å². The van der Waals surface area contributed by atoms with E-state index in [0.29, 0.717) is 16.6 Å². The van der Waals surface area contributed by atoms with Gasteiger partial charge in [-0.1, -0.05) is 23.8 Å². The van der Waals surface area contributed by atoms with Crippen LogP contribution in [0, 0.1) is 5.92 Å². The van der Waals surface area contributed by atoms with Crippen molar-refractivity contribution in [2.75, 3.05) is 25.0 Å². The Morgan fingerprint density at radius 3 is 2.90 bits per heavy atom. The van der Waals surface area contributed by atoms with Gasteiger partial charge in [0.15, 0.2) is 0 Å². The van der Waals surface area contributed by atoms with E-state index in [1.807, 2.05) is 12.1 Å². The van der Waals surface area contributed by atoms with Gasteiger partial charge in [0.25, 0.3) is 0 Å². The van der Waals surface area contributed by atoms with Gasteiger partial charge in [-0.15, -0.1) is 0 Å². The van der Waals surface area contributed by atoms with Crippen LogP contribution in [0.3, 0.4) is 0 Å². The zero-order chi connectivity index (χ0) is 14.7. The molecule has 1 amide bonds. The second-order valence-electron chi connectivity index (χ2n) is 4.93. The lowest BCUT2D eigenvalue weighted by Crippen LogP contribution is -2.42. The first kappa shape index (κ1) is 15.1. The van der Waals surface area contributed by atoms with Crippen molar-refractivity contribution in [1.29, 1.82) is 0 Å². The molecule has 0 bridgehead atoms. The number of hydrogen-bond donors (Lipinski definition) is 2. The highest BCUT2D eigenvalue weighted by molar-refractivity contribution is 7.80. The molecule has 108 valence electrons. The van der Waals surface area contributed by atoms with Crippen LogP contribution >= 0.6 is 23.8 Å². The van der Waals surface area contributed by atoms with E-state index in [-0.39, 0.29) is 11.8 Å². The van der Waals surface area contributed by atoms with Gasteiger partial charge in [0.1, 0.15) is 4.99 Å². The average Bonchev–Trinajstić information content (AvgIpc) is 2.46. The number of amides is 1. The van der Waals surface area contributed by atoms with Crippen molar-refractivity contribution in [2.45, 2.75) is 12.8 Å².